The lowest BCUT2D eigenvalue weighted by atomic mass is 9.66. The molecule has 0 saturated carbocycles. The lowest BCUT2D eigenvalue weighted by molar-refractivity contribution is -0.143. The van der Waals surface area contributed by atoms with E-state index in [2.05, 4.69) is 12.0 Å². The molecule has 1 atom stereocenters. The van der Waals surface area contributed by atoms with Crippen LogP contribution in [-0.2, 0) is 25.4 Å². The highest BCUT2D eigenvalue weighted by Gasteiger charge is 2.54. The van der Waals surface area contributed by atoms with E-state index in [4.69, 9.17) is 14.0 Å². The molecule has 0 spiro atoms. The van der Waals surface area contributed by atoms with Gasteiger partial charge in [-0.15, -0.1) is 0 Å². The molecule has 0 bridgehead atoms. The van der Waals surface area contributed by atoms with Crippen LogP contribution in [0.4, 0.5) is 0 Å². The zero-order valence-corrected chi connectivity index (χ0v) is 16.6. The minimum Gasteiger partial charge on any atom is -0.466 e. The molecular formula is C18H31BN2O4. The number of aryl methyl sites for hydroxylation is 2. The summed E-state index contributed by atoms with van der Waals surface area (Å²) >= 11 is 0. The Balaban J connectivity index is 2.33. The first-order valence-electron chi connectivity index (χ1n) is 9.16. The van der Waals surface area contributed by atoms with E-state index in [0.717, 1.165) is 24.2 Å². The van der Waals surface area contributed by atoms with E-state index >= 15 is 0 Å². The monoisotopic (exact) mass is 350 g/mol. The zero-order chi connectivity index (χ0) is 18.8. The van der Waals surface area contributed by atoms with E-state index in [1.54, 1.807) is 0 Å². The number of carbonyl (C=O) groups is 1. The first-order valence-corrected chi connectivity index (χ1v) is 9.16. The summed E-state index contributed by atoms with van der Waals surface area (Å²) in [4.78, 5) is 12.2. The molecule has 0 N–H and O–H groups in total. The fourth-order valence-corrected chi connectivity index (χ4v) is 3.05. The number of ether oxygens (including phenoxy) is 1. The first-order chi connectivity index (χ1) is 11.6. The fraction of sp³-hybridized carbons (Fsp3) is 0.778. The quantitative estimate of drug-likeness (QED) is 0.558. The number of hydrogen-bond donors (Lipinski definition) is 0. The second-order valence-corrected chi connectivity index (χ2v) is 7.67. The molecule has 6 nitrogen and oxygen atoms in total. The van der Waals surface area contributed by atoms with Gasteiger partial charge >= 0.3 is 13.1 Å². The highest BCUT2D eigenvalue weighted by Crippen LogP contribution is 2.42. The van der Waals surface area contributed by atoms with Gasteiger partial charge in [0.2, 0.25) is 0 Å². The van der Waals surface area contributed by atoms with Crippen molar-refractivity contribution in [2.75, 3.05) is 6.61 Å². The van der Waals surface area contributed by atoms with Crippen LogP contribution in [0.3, 0.4) is 0 Å². The second kappa shape index (κ2) is 7.50. The Morgan fingerprint density at radius 2 is 1.88 bits per heavy atom. The van der Waals surface area contributed by atoms with Crippen LogP contribution in [0.25, 0.3) is 0 Å². The van der Waals surface area contributed by atoms with Crippen LogP contribution in [0, 0.1) is 6.92 Å². The summed E-state index contributed by atoms with van der Waals surface area (Å²) in [5.74, 6) is -0.490. The predicted octanol–water partition coefficient (Wildman–Crippen LogP) is 3.27. The van der Waals surface area contributed by atoms with Crippen LogP contribution in [0.5, 0.6) is 0 Å². The molecule has 0 radical (unpaired) electrons. The summed E-state index contributed by atoms with van der Waals surface area (Å²) in [5.41, 5.74) is 0.993. The fourth-order valence-electron chi connectivity index (χ4n) is 3.05. The van der Waals surface area contributed by atoms with Crippen LogP contribution >= 0.6 is 0 Å². The molecule has 25 heavy (non-hydrogen) atoms. The Morgan fingerprint density at radius 3 is 2.40 bits per heavy atom. The van der Waals surface area contributed by atoms with Gasteiger partial charge in [0.05, 0.1) is 29.9 Å². The zero-order valence-electron chi connectivity index (χ0n) is 16.6. The normalized spacial score (nSPS) is 19.9. The van der Waals surface area contributed by atoms with Crippen LogP contribution in [0.1, 0.15) is 71.5 Å². The van der Waals surface area contributed by atoms with E-state index in [1.807, 2.05) is 52.4 Å². The topological polar surface area (TPSA) is 62.6 Å². The lowest BCUT2D eigenvalue weighted by Crippen LogP contribution is -2.41. The van der Waals surface area contributed by atoms with Crippen molar-refractivity contribution in [3.8, 4) is 0 Å². The van der Waals surface area contributed by atoms with Gasteiger partial charge < -0.3 is 14.0 Å². The minimum absolute atomic E-state index is 0.212. The Bertz CT molecular complexity index is 596. The van der Waals surface area contributed by atoms with Gasteiger partial charge in [-0.1, -0.05) is 6.92 Å². The molecule has 2 heterocycles. The molecule has 0 amide bonds. The molecular weight excluding hydrogens is 319 g/mol. The van der Waals surface area contributed by atoms with E-state index in [9.17, 15) is 4.79 Å². The number of carbonyl (C=O) groups excluding carboxylic acids is 1. The van der Waals surface area contributed by atoms with Crippen molar-refractivity contribution < 1.29 is 18.8 Å². The Hall–Kier alpha value is -1.34. The number of rotatable bonds is 7. The molecule has 140 valence electrons. The van der Waals surface area contributed by atoms with Crippen LogP contribution in [0.15, 0.2) is 6.20 Å². The molecule has 1 aliphatic heterocycles. The third-order valence-corrected chi connectivity index (χ3v) is 5.13. The molecule has 1 aromatic rings. The van der Waals surface area contributed by atoms with Gasteiger partial charge in [-0.25, -0.2) is 0 Å². The van der Waals surface area contributed by atoms with Crippen molar-refractivity contribution in [2.24, 2.45) is 0 Å². The predicted molar refractivity (Wildman–Crippen MR) is 97.3 cm³/mol. The summed E-state index contributed by atoms with van der Waals surface area (Å²) in [6, 6.07) is 0. The molecule has 7 heteroatoms. The summed E-state index contributed by atoms with van der Waals surface area (Å²) in [6.07, 6.45) is 3.22. The van der Waals surface area contributed by atoms with Crippen LogP contribution in [-0.4, -0.2) is 40.7 Å². The number of aromatic nitrogens is 2. The minimum atomic E-state index is -0.507. The van der Waals surface area contributed by atoms with Crippen molar-refractivity contribution in [2.45, 2.75) is 84.9 Å². The SMILES string of the molecule is CCCn1cc(C(CC(=O)OCC)B2OC(C)(C)C(C)(C)O2)c(C)n1. The van der Waals surface area contributed by atoms with Crippen molar-refractivity contribution in [1.29, 1.82) is 0 Å². The Labute approximate surface area is 151 Å². The first kappa shape index (κ1) is 20.0. The maximum absolute atomic E-state index is 12.2. The average Bonchev–Trinajstić information content (AvgIpc) is 2.94. The van der Waals surface area contributed by atoms with Gasteiger partial charge in [0.15, 0.2) is 0 Å². The highest BCUT2D eigenvalue weighted by molar-refractivity contribution is 6.48. The van der Waals surface area contributed by atoms with E-state index in [1.165, 1.54) is 0 Å². The lowest BCUT2D eigenvalue weighted by Gasteiger charge is -2.32. The third kappa shape index (κ3) is 4.26. The number of nitrogens with zero attached hydrogens (tertiary/aromatic N) is 2. The second-order valence-electron chi connectivity index (χ2n) is 7.67. The summed E-state index contributed by atoms with van der Waals surface area (Å²) in [6.45, 7) is 15.2. The standard InChI is InChI=1S/C18H31BN2O4/c1-8-10-21-12-14(13(3)20-21)15(11-16(22)23-9-2)19-24-17(4,5)18(6,7)25-19/h12,15H,8-11H2,1-7H3. The molecule has 0 aliphatic carbocycles. The van der Waals surface area contributed by atoms with Crippen LogP contribution < -0.4 is 0 Å². The highest BCUT2D eigenvalue weighted by atomic mass is 16.7. The van der Waals surface area contributed by atoms with Crippen molar-refractivity contribution in [3.05, 3.63) is 17.5 Å². The molecule has 2 rings (SSSR count). The van der Waals surface area contributed by atoms with Gasteiger partial charge in [0.1, 0.15) is 0 Å². The molecule has 0 aromatic carbocycles. The van der Waals surface area contributed by atoms with Gasteiger partial charge in [-0.05, 0) is 53.5 Å². The van der Waals surface area contributed by atoms with Gasteiger partial charge in [0, 0.05) is 18.6 Å². The van der Waals surface area contributed by atoms with E-state index in [-0.39, 0.29) is 18.2 Å². The summed E-state index contributed by atoms with van der Waals surface area (Å²) < 4.78 is 19.5. The molecule has 1 saturated heterocycles. The summed E-state index contributed by atoms with van der Waals surface area (Å²) in [7, 11) is -0.507. The Morgan fingerprint density at radius 1 is 1.28 bits per heavy atom. The van der Waals surface area contributed by atoms with Crippen molar-refractivity contribution >= 4 is 13.1 Å². The van der Waals surface area contributed by atoms with Crippen molar-refractivity contribution in [1.82, 2.24) is 9.78 Å². The van der Waals surface area contributed by atoms with E-state index in [0.29, 0.717) is 6.61 Å². The summed E-state index contributed by atoms with van der Waals surface area (Å²) in [5, 5.41) is 4.57. The van der Waals surface area contributed by atoms with Gasteiger partial charge in [-0.3, -0.25) is 9.48 Å². The average molecular weight is 350 g/mol. The maximum Gasteiger partial charge on any atom is 0.466 e. The maximum atomic E-state index is 12.2. The molecule has 1 unspecified atom stereocenters. The third-order valence-electron chi connectivity index (χ3n) is 5.13. The smallest absolute Gasteiger partial charge is 0.466 e. The van der Waals surface area contributed by atoms with Crippen LogP contribution in [0.2, 0.25) is 0 Å². The largest absolute Gasteiger partial charge is 0.466 e. The molecule has 1 fully saturated rings. The molecule has 1 aromatic heterocycles. The van der Waals surface area contributed by atoms with Crippen molar-refractivity contribution in [3.63, 3.8) is 0 Å². The molecule has 1 aliphatic rings. The van der Waals surface area contributed by atoms with Gasteiger partial charge in [-0.2, -0.15) is 5.10 Å². The number of hydrogen-bond acceptors (Lipinski definition) is 5. The Kier molecular flexibility index (Phi) is 5.99. The number of esters is 1. The van der Waals surface area contributed by atoms with E-state index < -0.39 is 18.3 Å². The van der Waals surface area contributed by atoms with Gasteiger partial charge in [0.25, 0.3) is 0 Å².